The van der Waals surface area contributed by atoms with Crippen LogP contribution in [0.1, 0.15) is 37.3 Å². The van der Waals surface area contributed by atoms with Crippen molar-refractivity contribution in [2.45, 2.75) is 31.7 Å². The Hall–Kier alpha value is -1.55. The molecule has 1 aromatic carbocycles. The zero-order valence-corrected chi connectivity index (χ0v) is 13.5. The van der Waals surface area contributed by atoms with Gasteiger partial charge in [0.1, 0.15) is 0 Å². The first-order valence-electron chi connectivity index (χ1n) is 7.84. The predicted octanol–water partition coefficient (Wildman–Crippen LogP) is 2.78. The Morgan fingerprint density at radius 2 is 1.95 bits per heavy atom. The lowest BCUT2D eigenvalue weighted by Gasteiger charge is -2.29. The number of nitrogens with one attached hydrogen (secondary N) is 1. The number of likely N-dealkylation sites (tertiary alicyclic amines) is 1. The lowest BCUT2D eigenvalue weighted by Crippen LogP contribution is -2.43. The maximum absolute atomic E-state index is 12.5. The molecule has 3 rings (SSSR count). The quantitative estimate of drug-likeness (QED) is 0.927. The van der Waals surface area contributed by atoms with E-state index in [2.05, 4.69) is 5.32 Å². The molecule has 22 heavy (non-hydrogen) atoms. The molecule has 1 aliphatic heterocycles. The predicted molar refractivity (Wildman–Crippen MR) is 85.4 cm³/mol. The van der Waals surface area contributed by atoms with Crippen LogP contribution in [-0.4, -0.2) is 30.3 Å². The normalized spacial score (nSPS) is 23.3. The molecule has 1 N–H and O–H groups in total. The van der Waals surface area contributed by atoms with E-state index in [1.54, 1.807) is 11.9 Å². The summed E-state index contributed by atoms with van der Waals surface area (Å²) < 4.78 is 0. The minimum atomic E-state index is -0.197. The summed E-state index contributed by atoms with van der Waals surface area (Å²) in [5.41, 5.74) is 1.10. The van der Waals surface area contributed by atoms with Gasteiger partial charge in [-0.3, -0.25) is 9.59 Å². The Kier molecular flexibility index (Phi) is 4.39. The number of nitrogens with zero attached hydrogens (tertiary/aromatic N) is 1. The number of rotatable bonds is 4. The van der Waals surface area contributed by atoms with E-state index in [1.165, 1.54) is 0 Å². The monoisotopic (exact) mass is 320 g/mol. The molecule has 0 radical (unpaired) electrons. The van der Waals surface area contributed by atoms with E-state index in [-0.39, 0.29) is 23.8 Å². The Morgan fingerprint density at radius 1 is 1.27 bits per heavy atom. The molecule has 4 nitrogen and oxygen atoms in total. The van der Waals surface area contributed by atoms with Crippen molar-refractivity contribution in [2.24, 2.45) is 11.8 Å². The van der Waals surface area contributed by atoms with Crippen LogP contribution in [0.5, 0.6) is 0 Å². The number of piperidine rings is 1. The fourth-order valence-electron chi connectivity index (χ4n) is 3.01. The van der Waals surface area contributed by atoms with E-state index < -0.39 is 0 Å². The van der Waals surface area contributed by atoms with Crippen LogP contribution in [0.2, 0.25) is 5.02 Å². The summed E-state index contributed by atoms with van der Waals surface area (Å²) in [6.45, 7) is 0.659. The topological polar surface area (TPSA) is 49.4 Å². The highest BCUT2D eigenvalue weighted by atomic mass is 35.5. The minimum Gasteiger partial charge on any atom is -0.349 e. The lowest BCUT2D eigenvalue weighted by atomic mass is 9.94. The summed E-state index contributed by atoms with van der Waals surface area (Å²) in [4.78, 5) is 26.0. The average molecular weight is 321 g/mol. The van der Waals surface area contributed by atoms with Gasteiger partial charge in [-0.05, 0) is 42.9 Å². The molecule has 1 aliphatic carbocycles. The molecule has 5 heteroatoms. The standard InChI is InChI=1S/C17H21ClN2O2/c1-20-9-8-13(10-15(20)21)17(22)19-16(11-2-3-11)12-4-6-14(18)7-5-12/h4-7,11,13,16H,2-3,8-10H2,1H3,(H,19,22)/t13-,16+/m0/s1. The first-order valence-corrected chi connectivity index (χ1v) is 8.22. The number of hydrogen-bond acceptors (Lipinski definition) is 2. The molecule has 1 heterocycles. The van der Waals surface area contributed by atoms with Gasteiger partial charge in [0.05, 0.1) is 6.04 Å². The van der Waals surface area contributed by atoms with Crippen LogP contribution < -0.4 is 5.32 Å². The SMILES string of the molecule is CN1CC[C@H](C(=O)N[C@@H](c2ccc(Cl)cc2)C2CC2)CC1=O. The van der Waals surface area contributed by atoms with E-state index >= 15 is 0 Å². The van der Waals surface area contributed by atoms with Gasteiger partial charge < -0.3 is 10.2 Å². The summed E-state index contributed by atoms with van der Waals surface area (Å²) in [5.74, 6) is 0.374. The van der Waals surface area contributed by atoms with Crippen molar-refractivity contribution in [1.29, 1.82) is 0 Å². The van der Waals surface area contributed by atoms with Crippen molar-refractivity contribution < 1.29 is 9.59 Å². The van der Waals surface area contributed by atoms with Gasteiger partial charge in [-0.15, -0.1) is 0 Å². The van der Waals surface area contributed by atoms with Gasteiger partial charge in [0, 0.05) is 31.0 Å². The van der Waals surface area contributed by atoms with E-state index in [1.807, 2.05) is 24.3 Å². The summed E-state index contributed by atoms with van der Waals surface area (Å²) in [5, 5.41) is 3.87. The van der Waals surface area contributed by atoms with Gasteiger partial charge in [-0.1, -0.05) is 23.7 Å². The molecule has 1 saturated heterocycles. The first-order chi connectivity index (χ1) is 10.5. The van der Waals surface area contributed by atoms with Crippen LogP contribution >= 0.6 is 11.6 Å². The van der Waals surface area contributed by atoms with Gasteiger partial charge in [0.25, 0.3) is 0 Å². The van der Waals surface area contributed by atoms with E-state index in [0.717, 1.165) is 24.8 Å². The molecular formula is C17H21ClN2O2. The van der Waals surface area contributed by atoms with Crippen LogP contribution in [0.4, 0.5) is 0 Å². The van der Waals surface area contributed by atoms with E-state index in [0.29, 0.717) is 23.9 Å². The third-order valence-corrected chi connectivity index (χ3v) is 4.90. The second-order valence-corrected chi connectivity index (χ2v) is 6.82. The van der Waals surface area contributed by atoms with Crippen LogP contribution in [0, 0.1) is 11.8 Å². The molecule has 2 aliphatic rings. The van der Waals surface area contributed by atoms with Gasteiger partial charge in [-0.25, -0.2) is 0 Å². The van der Waals surface area contributed by atoms with Crippen molar-refractivity contribution in [3.63, 3.8) is 0 Å². The molecular weight excluding hydrogens is 300 g/mol. The molecule has 118 valence electrons. The Bertz CT molecular complexity index is 569. The van der Waals surface area contributed by atoms with Crippen LogP contribution in [0.15, 0.2) is 24.3 Å². The maximum atomic E-state index is 12.5. The molecule has 1 saturated carbocycles. The summed E-state index contributed by atoms with van der Waals surface area (Å²) in [6.07, 6.45) is 3.34. The molecule has 0 bridgehead atoms. The van der Waals surface area contributed by atoms with Crippen molar-refractivity contribution in [3.05, 3.63) is 34.9 Å². The highest BCUT2D eigenvalue weighted by Crippen LogP contribution is 2.41. The van der Waals surface area contributed by atoms with Gasteiger partial charge >= 0.3 is 0 Å². The molecule has 0 unspecified atom stereocenters. The molecule has 2 amide bonds. The van der Waals surface area contributed by atoms with Crippen LogP contribution in [0.25, 0.3) is 0 Å². The fourth-order valence-corrected chi connectivity index (χ4v) is 3.14. The van der Waals surface area contributed by atoms with E-state index in [4.69, 9.17) is 11.6 Å². The largest absolute Gasteiger partial charge is 0.349 e. The lowest BCUT2D eigenvalue weighted by molar-refractivity contribution is -0.139. The number of carbonyl (C=O) groups excluding carboxylic acids is 2. The van der Waals surface area contributed by atoms with Crippen molar-refractivity contribution in [2.75, 3.05) is 13.6 Å². The van der Waals surface area contributed by atoms with Crippen molar-refractivity contribution in [1.82, 2.24) is 10.2 Å². The second kappa shape index (κ2) is 6.29. The molecule has 2 fully saturated rings. The van der Waals surface area contributed by atoms with Crippen LogP contribution in [0.3, 0.4) is 0 Å². The van der Waals surface area contributed by atoms with Gasteiger partial charge in [0.2, 0.25) is 11.8 Å². The fraction of sp³-hybridized carbons (Fsp3) is 0.529. The highest BCUT2D eigenvalue weighted by Gasteiger charge is 2.36. The number of benzene rings is 1. The minimum absolute atomic E-state index is 0.00769. The van der Waals surface area contributed by atoms with Gasteiger partial charge in [-0.2, -0.15) is 0 Å². The summed E-state index contributed by atoms with van der Waals surface area (Å²) in [6, 6.07) is 7.71. The number of halogens is 1. The average Bonchev–Trinajstić information content (AvgIpc) is 3.33. The molecule has 0 spiro atoms. The third-order valence-electron chi connectivity index (χ3n) is 4.65. The van der Waals surface area contributed by atoms with Crippen molar-refractivity contribution in [3.8, 4) is 0 Å². The zero-order valence-electron chi connectivity index (χ0n) is 12.7. The smallest absolute Gasteiger partial charge is 0.224 e. The third kappa shape index (κ3) is 3.43. The van der Waals surface area contributed by atoms with Crippen LogP contribution in [-0.2, 0) is 9.59 Å². The number of amides is 2. The van der Waals surface area contributed by atoms with E-state index in [9.17, 15) is 9.59 Å². The molecule has 1 aromatic rings. The zero-order chi connectivity index (χ0) is 15.7. The molecule has 0 aromatic heterocycles. The summed E-state index contributed by atoms with van der Waals surface area (Å²) in [7, 11) is 1.79. The van der Waals surface area contributed by atoms with Gasteiger partial charge in [0.15, 0.2) is 0 Å². The first kappa shape index (κ1) is 15.3. The Morgan fingerprint density at radius 3 is 2.55 bits per heavy atom. The maximum Gasteiger partial charge on any atom is 0.224 e. The highest BCUT2D eigenvalue weighted by molar-refractivity contribution is 6.30. The Balaban J connectivity index is 1.67. The second-order valence-electron chi connectivity index (χ2n) is 6.38. The number of carbonyl (C=O) groups is 2. The Labute approximate surface area is 135 Å². The van der Waals surface area contributed by atoms with Crippen molar-refractivity contribution >= 4 is 23.4 Å². The number of hydrogen-bond donors (Lipinski definition) is 1. The summed E-state index contributed by atoms with van der Waals surface area (Å²) >= 11 is 5.94. The molecule has 2 atom stereocenters.